The number of ether oxygens (including phenoxy) is 4. The van der Waals surface area contributed by atoms with Crippen molar-refractivity contribution in [3.8, 4) is 23.0 Å². The summed E-state index contributed by atoms with van der Waals surface area (Å²) in [5, 5.41) is 9.45. The van der Waals surface area contributed by atoms with Gasteiger partial charge in [-0.15, -0.1) is 0 Å². The van der Waals surface area contributed by atoms with Crippen molar-refractivity contribution in [3.05, 3.63) is 124 Å². The van der Waals surface area contributed by atoms with E-state index in [4.69, 9.17) is 23.9 Å². The van der Waals surface area contributed by atoms with Crippen LogP contribution in [-0.4, -0.2) is 77.3 Å². The smallest absolute Gasteiger partial charge is 0.261 e. The van der Waals surface area contributed by atoms with Crippen LogP contribution in [0.2, 0.25) is 0 Å². The molecule has 2 unspecified atom stereocenters. The Kier molecular flexibility index (Phi) is 11.4. The molecule has 0 saturated carbocycles. The normalized spacial score (nSPS) is 16.5. The van der Waals surface area contributed by atoms with E-state index in [0.717, 1.165) is 35.1 Å². The molecule has 8 rings (SSSR count). The number of hydrogen-bond donors (Lipinski definition) is 3. The highest BCUT2D eigenvalue weighted by Gasteiger charge is 2.36. The maximum absolute atomic E-state index is 13.9. The first kappa shape index (κ1) is 39.9. The number of carbonyl (C=O) groups is 3. The predicted octanol–water partition coefficient (Wildman–Crippen LogP) is 6.98. The molecule has 13 nitrogen and oxygen atoms in total. The molecule has 2 amide bonds. The fourth-order valence-corrected chi connectivity index (χ4v) is 8.04. The zero-order valence-electron chi connectivity index (χ0n) is 34.3. The van der Waals surface area contributed by atoms with Gasteiger partial charge < -0.3 is 39.8 Å². The maximum atomic E-state index is 13.9. The molecule has 3 aliphatic heterocycles. The third kappa shape index (κ3) is 7.95. The molecule has 0 radical (unpaired) electrons. The van der Waals surface area contributed by atoms with Crippen molar-refractivity contribution in [1.29, 1.82) is 0 Å². The third-order valence-corrected chi connectivity index (χ3v) is 11.4. The average Bonchev–Trinajstić information content (AvgIpc) is 3.77. The SMILES string of the molecule is CNC(C)C(=O)Nc1cc(COc2cc3c(cc2OC)C(=O)N2c4ccccc4C[C@H]2C=N3)cc(COc2cc(NCC3Cc4ccccc4N3C)c(C=O)cc2OC)c1. The minimum atomic E-state index is -0.439. The minimum Gasteiger partial charge on any atom is -0.493 e. The van der Waals surface area contributed by atoms with E-state index in [1.165, 1.54) is 25.5 Å². The van der Waals surface area contributed by atoms with Crippen molar-refractivity contribution in [2.45, 2.75) is 51.1 Å². The zero-order chi connectivity index (χ0) is 41.9. The van der Waals surface area contributed by atoms with Crippen LogP contribution in [0.5, 0.6) is 23.0 Å². The molecule has 0 saturated heterocycles. The Bertz CT molecular complexity index is 2490. The van der Waals surface area contributed by atoms with Crippen LogP contribution in [0.3, 0.4) is 0 Å². The molecule has 5 aromatic carbocycles. The lowest BCUT2D eigenvalue weighted by molar-refractivity contribution is -0.117. The van der Waals surface area contributed by atoms with Gasteiger partial charge in [-0.25, -0.2) is 0 Å². The highest BCUT2D eigenvalue weighted by molar-refractivity contribution is 6.14. The molecule has 3 heterocycles. The number of likely N-dealkylation sites (N-methyl/N-ethyl adjacent to an activating group) is 2. The number of nitrogens with zero attached hydrogens (tertiary/aromatic N) is 3. The fraction of sp³-hybridized carbons (Fsp3) is 0.277. The van der Waals surface area contributed by atoms with Crippen molar-refractivity contribution < 1.29 is 33.3 Å². The number of para-hydroxylation sites is 2. The Hall–Kier alpha value is -6.86. The molecule has 13 heteroatoms. The molecule has 0 aromatic heterocycles. The second-order valence-corrected chi connectivity index (χ2v) is 15.2. The van der Waals surface area contributed by atoms with Gasteiger partial charge in [0.1, 0.15) is 13.2 Å². The van der Waals surface area contributed by atoms with Crippen molar-refractivity contribution in [3.63, 3.8) is 0 Å². The summed E-state index contributed by atoms with van der Waals surface area (Å²) in [5.74, 6) is 1.28. The minimum absolute atomic E-state index is 0.0954. The predicted molar refractivity (Wildman–Crippen MR) is 233 cm³/mol. The molecule has 0 aliphatic carbocycles. The number of methoxy groups -OCH3 is 2. The van der Waals surface area contributed by atoms with E-state index in [9.17, 15) is 14.4 Å². The van der Waals surface area contributed by atoms with Gasteiger partial charge in [0.15, 0.2) is 29.3 Å². The summed E-state index contributed by atoms with van der Waals surface area (Å²) in [6.07, 6.45) is 4.20. The fourth-order valence-electron chi connectivity index (χ4n) is 8.04. The molecule has 3 atom stereocenters. The number of anilines is 4. The largest absolute Gasteiger partial charge is 0.493 e. The van der Waals surface area contributed by atoms with Crippen LogP contribution in [0.15, 0.2) is 96.0 Å². The first-order chi connectivity index (χ1) is 29.2. The van der Waals surface area contributed by atoms with E-state index in [1.54, 1.807) is 43.1 Å². The molecule has 60 heavy (non-hydrogen) atoms. The van der Waals surface area contributed by atoms with Gasteiger partial charge >= 0.3 is 0 Å². The topological polar surface area (TPSA) is 143 Å². The van der Waals surface area contributed by atoms with Gasteiger partial charge in [0, 0.05) is 66.7 Å². The lowest BCUT2D eigenvalue weighted by Crippen LogP contribution is -2.37. The van der Waals surface area contributed by atoms with Gasteiger partial charge in [-0.05, 0) is 85.1 Å². The van der Waals surface area contributed by atoms with Gasteiger partial charge in [0.05, 0.1) is 43.6 Å². The Balaban J connectivity index is 1.02. The van der Waals surface area contributed by atoms with E-state index in [-0.39, 0.29) is 37.1 Å². The number of benzene rings is 5. The molecule has 308 valence electrons. The number of aliphatic imine (C=N–C) groups is 1. The molecule has 3 aliphatic rings. The van der Waals surface area contributed by atoms with Crippen LogP contribution in [-0.2, 0) is 30.8 Å². The van der Waals surface area contributed by atoms with Crippen molar-refractivity contribution in [1.82, 2.24) is 5.32 Å². The molecular weight excluding hydrogens is 761 g/mol. The Labute approximate surface area is 349 Å². The Morgan fingerprint density at radius 1 is 0.850 bits per heavy atom. The quantitative estimate of drug-likeness (QED) is 0.0949. The summed E-state index contributed by atoms with van der Waals surface area (Å²) in [6, 6.07) is 28.3. The first-order valence-electron chi connectivity index (χ1n) is 19.9. The van der Waals surface area contributed by atoms with E-state index >= 15 is 0 Å². The third-order valence-electron chi connectivity index (χ3n) is 11.4. The lowest BCUT2D eigenvalue weighted by Gasteiger charge is -2.24. The van der Waals surface area contributed by atoms with E-state index in [1.807, 2.05) is 54.7 Å². The zero-order valence-corrected chi connectivity index (χ0v) is 34.3. The number of rotatable bonds is 15. The van der Waals surface area contributed by atoms with Crippen LogP contribution in [0, 0.1) is 0 Å². The van der Waals surface area contributed by atoms with Crippen molar-refractivity contribution in [2.75, 3.05) is 55.3 Å². The van der Waals surface area contributed by atoms with Crippen LogP contribution < -0.4 is 44.7 Å². The van der Waals surface area contributed by atoms with Gasteiger partial charge in [-0.1, -0.05) is 36.4 Å². The summed E-state index contributed by atoms with van der Waals surface area (Å²) in [6.45, 7) is 2.59. The van der Waals surface area contributed by atoms with Crippen molar-refractivity contribution in [2.24, 2.45) is 4.99 Å². The lowest BCUT2D eigenvalue weighted by atomic mass is 10.1. The number of aldehydes is 1. The highest BCUT2D eigenvalue weighted by atomic mass is 16.5. The van der Waals surface area contributed by atoms with Crippen LogP contribution in [0.25, 0.3) is 0 Å². The Morgan fingerprint density at radius 2 is 1.50 bits per heavy atom. The molecule has 0 spiro atoms. The monoisotopic (exact) mass is 808 g/mol. The van der Waals surface area contributed by atoms with Gasteiger partial charge in [-0.2, -0.15) is 0 Å². The highest BCUT2D eigenvalue weighted by Crippen LogP contribution is 2.41. The van der Waals surface area contributed by atoms with E-state index < -0.39 is 6.04 Å². The van der Waals surface area contributed by atoms with E-state index in [2.05, 4.69) is 46.1 Å². The molecular formula is C47H48N6O7. The second-order valence-electron chi connectivity index (χ2n) is 15.2. The molecule has 0 bridgehead atoms. The number of carbonyl (C=O) groups excluding carboxylic acids is 3. The number of fused-ring (bicyclic) bond motifs is 5. The Morgan fingerprint density at radius 3 is 2.17 bits per heavy atom. The summed E-state index contributed by atoms with van der Waals surface area (Å²) >= 11 is 0. The van der Waals surface area contributed by atoms with E-state index in [0.29, 0.717) is 64.2 Å². The number of nitrogens with one attached hydrogen (secondary N) is 3. The summed E-state index contributed by atoms with van der Waals surface area (Å²) in [4.78, 5) is 47.9. The molecule has 0 fully saturated rings. The van der Waals surface area contributed by atoms with Gasteiger partial charge in [-0.3, -0.25) is 24.3 Å². The summed E-state index contributed by atoms with van der Waals surface area (Å²) in [7, 11) is 6.87. The maximum Gasteiger partial charge on any atom is 0.261 e. The number of hydrogen-bond acceptors (Lipinski definition) is 11. The van der Waals surface area contributed by atoms with Gasteiger partial charge in [0.25, 0.3) is 5.91 Å². The summed E-state index contributed by atoms with van der Waals surface area (Å²) < 4.78 is 24.2. The standard InChI is InChI=1S/C47H48N6O7/c1-28(48-2)46(55)51-34-15-29(26-59-44-21-38(33(25-54)19-42(44)57-4)49-23-35-17-31-10-6-8-12-40(31)52(35)3)14-30(16-34)27-60-45-22-39-37(20-43(45)58-5)47(56)53-36(24-50-39)18-32-11-7-9-13-41(32)53/h6-16,19-22,24-25,28,35-36,48-49H,17-18,23,26-27H2,1-5H3,(H,51,55)/t28?,35?,36-/m0/s1. The second kappa shape index (κ2) is 17.2. The first-order valence-corrected chi connectivity index (χ1v) is 19.9. The van der Waals surface area contributed by atoms with Crippen LogP contribution >= 0.6 is 0 Å². The van der Waals surface area contributed by atoms with Crippen molar-refractivity contribution >= 4 is 52.8 Å². The number of amides is 2. The van der Waals surface area contributed by atoms with Gasteiger partial charge in [0.2, 0.25) is 5.91 Å². The van der Waals surface area contributed by atoms with Crippen LogP contribution in [0.1, 0.15) is 49.9 Å². The molecule has 3 N–H and O–H groups in total. The van der Waals surface area contributed by atoms with Crippen LogP contribution in [0.4, 0.5) is 28.4 Å². The summed E-state index contributed by atoms with van der Waals surface area (Å²) in [5.41, 5.74) is 8.52. The molecule has 5 aromatic rings. The average molecular weight is 809 g/mol.